The second-order valence-electron chi connectivity index (χ2n) is 4.72. The topological polar surface area (TPSA) is 72.3 Å². The summed E-state index contributed by atoms with van der Waals surface area (Å²) in [7, 11) is -1.94. The summed E-state index contributed by atoms with van der Waals surface area (Å²) in [6.45, 7) is 0.117. The van der Waals surface area contributed by atoms with Crippen LogP contribution in [0.3, 0.4) is 0 Å². The van der Waals surface area contributed by atoms with Gasteiger partial charge >= 0.3 is 0 Å². The number of aromatic nitrogens is 2. The van der Waals surface area contributed by atoms with Gasteiger partial charge in [0.1, 0.15) is 4.90 Å². The van der Waals surface area contributed by atoms with E-state index in [1.807, 2.05) is 6.07 Å². The van der Waals surface area contributed by atoms with Crippen LogP contribution >= 0.6 is 22.6 Å². The lowest BCUT2D eigenvalue weighted by atomic mass is 10.2. The third-order valence-corrected chi connectivity index (χ3v) is 5.97. The first-order chi connectivity index (χ1) is 9.91. The van der Waals surface area contributed by atoms with Gasteiger partial charge in [0.25, 0.3) is 15.9 Å². The zero-order chi connectivity index (χ0) is 15.2. The van der Waals surface area contributed by atoms with Gasteiger partial charge in [-0.15, -0.1) is 0 Å². The van der Waals surface area contributed by atoms with Gasteiger partial charge in [-0.3, -0.25) is 9.48 Å². The number of rotatable bonds is 3. The average molecular weight is 417 g/mol. The van der Waals surface area contributed by atoms with Crippen LogP contribution in [-0.4, -0.2) is 35.0 Å². The molecule has 1 aromatic heterocycles. The molecular weight excluding hydrogens is 405 g/mol. The molecule has 0 aliphatic carbocycles. The molecule has 8 heteroatoms. The van der Waals surface area contributed by atoms with Crippen molar-refractivity contribution in [2.45, 2.75) is 11.3 Å². The monoisotopic (exact) mass is 417 g/mol. The van der Waals surface area contributed by atoms with E-state index >= 15 is 0 Å². The second-order valence-corrected chi connectivity index (χ2v) is 7.80. The summed E-state index contributed by atoms with van der Waals surface area (Å²) in [4.78, 5) is 12.4. The highest BCUT2D eigenvalue weighted by atomic mass is 127. The fourth-order valence-electron chi connectivity index (χ4n) is 2.34. The molecule has 0 bridgehead atoms. The van der Waals surface area contributed by atoms with E-state index in [9.17, 15) is 13.2 Å². The molecule has 0 spiro atoms. The quantitative estimate of drug-likeness (QED) is 0.709. The Hall–Kier alpha value is -1.42. The maximum absolute atomic E-state index is 12.4. The number of hydrogen-bond acceptors (Lipinski definition) is 4. The van der Waals surface area contributed by atoms with E-state index in [0.29, 0.717) is 6.42 Å². The van der Waals surface area contributed by atoms with Gasteiger partial charge in [0.15, 0.2) is 0 Å². The van der Waals surface area contributed by atoms with Crippen LogP contribution in [0.2, 0.25) is 0 Å². The number of aryl methyl sites for hydroxylation is 1. The fourth-order valence-corrected chi connectivity index (χ4v) is 4.38. The highest BCUT2D eigenvalue weighted by Gasteiger charge is 2.40. The van der Waals surface area contributed by atoms with Gasteiger partial charge in [0.05, 0.1) is 5.56 Å². The molecule has 0 saturated carbocycles. The molecule has 21 heavy (non-hydrogen) atoms. The molecule has 1 aliphatic rings. The molecule has 110 valence electrons. The Morgan fingerprint density at radius 3 is 2.71 bits per heavy atom. The summed E-state index contributed by atoms with van der Waals surface area (Å²) in [5.41, 5.74) is 1.13. The van der Waals surface area contributed by atoms with E-state index < -0.39 is 15.9 Å². The van der Waals surface area contributed by atoms with Crippen molar-refractivity contribution in [3.8, 4) is 0 Å². The molecule has 1 amide bonds. The van der Waals surface area contributed by atoms with Gasteiger partial charge in [0, 0.05) is 35.5 Å². The van der Waals surface area contributed by atoms with Crippen LogP contribution in [-0.2, 0) is 23.5 Å². The van der Waals surface area contributed by atoms with Gasteiger partial charge in [-0.05, 0) is 46.9 Å². The van der Waals surface area contributed by atoms with E-state index in [1.54, 1.807) is 30.1 Å². The van der Waals surface area contributed by atoms with Crippen LogP contribution in [0.25, 0.3) is 0 Å². The summed E-state index contributed by atoms with van der Waals surface area (Å²) in [5, 5.41) is 4.03. The first-order valence-corrected chi connectivity index (χ1v) is 8.76. The highest BCUT2D eigenvalue weighted by Crippen LogP contribution is 2.31. The first kappa shape index (κ1) is 14.5. The molecule has 0 radical (unpaired) electrons. The molecule has 2 aromatic rings. The van der Waals surface area contributed by atoms with Gasteiger partial charge in [-0.25, -0.2) is 12.7 Å². The Balaban J connectivity index is 1.91. The largest absolute Gasteiger partial charge is 0.273 e. The highest BCUT2D eigenvalue weighted by molar-refractivity contribution is 14.1. The van der Waals surface area contributed by atoms with Crippen molar-refractivity contribution in [2.24, 2.45) is 7.05 Å². The second kappa shape index (κ2) is 5.09. The lowest BCUT2D eigenvalue weighted by molar-refractivity contribution is 0.0871. The minimum atomic E-state index is -3.73. The van der Waals surface area contributed by atoms with Crippen molar-refractivity contribution in [3.63, 3.8) is 0 Å². The Morgan fingerprint density at radius 2 is 2.05 bits per heavy atom. The molecule has 1 aromatic carbocycles. The maximum atomic E-state index is 12.4. The lowest BCUT2D eigenvalue weighted by Gasteiger charge is -2.14. The van der Waals surface area contributed by atoms with E-state index in [1.165, 1.54) is 6.07 Å². The third kappa shape index (κ3) is 2.35. The van der Waals surface area contributed by atoms with Crippen LogP contribution in [0.1, 0.15) is 16.1 Å². The molecule has 0 fully saturated rings. The third-order valence-electron chi connectivity index (χ3n) is 3.46. The summed E-state index contributed by atoms with van der Waals surface area (Å²) in [6.07, 6.45) is 2.08. The fraction of sp³-hybridized carbons (Fsp3) is 0.231. The van der Waals surface area contributed by atoms with Crippen molar-refractivity contribution >= 4 is 38.5 Å². The minimum Gasteiger partial charge on any atom is -0.273 e. The van der Waals surface area contributed by atoms with E-state index in [0.717, 1.165) is 13.6 Å². The van der Waals surface area contributed by atoms with Gasteiger partial charge < -0.3 is 0 Å². The van der Waals surface area contributed by atoms with Crippen LogP contribution in [0.4, 0.5) is 0 Å². The van der Waals surface area contributed by atoms with Crippen LogP contribution in [0.15, 0.2) is 35.4 Å². The first-order valence-electron chi connectivity index (χ1n) is 6.25. The summed E-state index contributed by atoms with van der Waals surface area (Å²) in [6, 6.07) is 6.60. The van der Waals surface area contributed by atoms with Crippen molar-refractivity contribution < 1.29 is 13.2 Å². The van der Waals surface area contributed by atoms with E-state index in [2.05, 4.69) is 27.7 Å². The lowest BCUT2D eigenvalue weighted by Crippen LogP contribution is -2.32. The molecule has 0 atom stereocenters. The smallest absolute Gasteiger partial charge is 0.269 e. The van der Waals surface area contributed by atoms with Crippen molar-refractivity contribution in [1.82, 2.24) is 14.1 Å². The number of halogens is 1. The van der Waals surface area contributed by atoms with Crippen molar-refractivity contribution in [1.29, 1.82) is 0 Å². The number of carbonyl (C=O) groups is 1. The predicted octanol–water partition coefficient (Wildman–Crippen LogP) is 1.41. The number of benzene rings is 1. The number of amides is 1. The molecule has 6 nitrogen and oxygen atoms in total. The molecule has 2 heterocycles. The minimum absolute atomic E-state index is 0.0953. The average Bonchev–Trinajstić information content (AvgIpc) is 2.90. The number of sulfonamides is 1. The zero-order valence-electron chi connectivity index (χ0n) is 11.2. The van der Waals surface area contributed by atoms with Crippen LogP contribution < -0.4 is 0 Å². The molecule has 1 aliphatic heterocycles. The number of hydrogen-bond donors (Lipinski definition) is 0. The predicted molar refractivity (Wildman–Crippen MR) is 84.3 cm³/mol. The zero-order valence-corrected chi connectivity index (χ0v) is 14.1. The molecule has 0 unspecified atom stereocenters. The van der Waals surface area contributed by atoms with Gasteiger partial charge in [-0.1, -0.05) is 0 Å². The Labute approximate surface area is 135 Å². The van der Waals surface area contributed by atoms with Crippen LogP contribution in [0.5, 0.6) is 0 Å². The normalized spacial score (nSPS) is 16.3. The molecular formula is C13H12IN3O3S. The molecule has 3 rings (SSSR count). The standard InChI is InChI=1S/C13H12IN3O3S/c1-16-10(4-6-15-16)5-7-17-13(18)11-8-9(14)2-3-12(11)21(17,19)20/h2-4,6,8H,5,7H2,1H3. The summed E-state index contributed by atoms with van der Waals surface area (Å²) < 4.78 is 28.3. The van der Waals surface area contributed by atoms with Crippen LogP contribution in [0, 0.1) is 3.57 Å². The van der Waals surface area contributed by atoms with E-state index in [-0.39, 0.29) is 17.0 Å². The van der Waals surface area contributed by atoms with E-state index in [4.69, 9.17) is 0 Å². The number of nitrogens with zero attached hydrogens (tertiary/aromatic N) is 3. The Morgan fingerprint density at radius 1 is 1.29 bits per heavy atom. The summed E-state index contributed by atoms with van der Waals surface area (Å²) >= 11 is 2.06. The maximum Gasteiger partial charge on any atom is 0.269 e. The van der Waals surface area contributed by atoms with Crippen molar-refractivity contribution in [3.05, 3.63) is 45.3 Å². The Kier molecular flexibility index (Phi) is 3.52. The van der Waals surface area contributed by atoms with Gasteiger partial charge in [0.2, 0.25) is 0 Å². The number of fused-ring (bicyclic) bond motifs is 1. The van der Waals surface area contributed by atoms with Crippen molar-refractivity contribution in [2.75, 3.05) is 6.54 Å². The number of carbonyl (C=O) groups excluding carboxylic acids is 1. The molecule has 0 N–H and O–H groups in total. The van der Waals surface area contributed by atoms with Gasteiger partial charge in [-0.2, -0.15) is 5.10 Å². The Bertz CT molecular complexity index is 829. The SMILES string of the molecule is Cn1nccc1CCN1C(=O)c2cc(I)ccc2S1(=O)=O. The summed E-state index contributed by atoms with van der Waals surface area (Å²) in [5.74, 6) is -0.453. The molecule has 0 saturated heterocycles.